The van der Waals surface area contributed by atoms with E-state index in [1.807, 2.05) is 12.4 Å². The molecule has 0 spiro atoms. The van der Waals surface area contributed by atoms with Gasteiger partial charge in [-0.25, -0.2) is 9.97 Å². The molecule has 0 fully saturated rings. The molecule has 0 unspecified atom stereocenters. The minimum Gasteiger partial charge on any atom is -0.309 e. The summed E-state index contributed by atoms with van der Waals surface area (Å²) in [6.45, 7) is 0. The Morgan fingerprint density at radius 3 is 0.679 bits per heavy atom. The third-order valence-electron chi connectivity index (χ3n) is 29.4. The van der Waals surface area contributed by atoms with Crippen molar-refractivity contribution in [1.82, 2.24) is 56.5 Å². The lowest BCUT2D eigenvalue weighted by molar-refractivity contribution is 1.13. The predicted octanol–water partition coefficient (Wildman–Crippen LogP) is 32.4. The molecule has 0 bridgehead atoms. The Balaban J connectivity index is 0.683. The Morgan fingerprint density at radius 1 is 0.143 bits per heavy atom. The minimum absolute atomic E-state index is 0.549. The van der Waals surface area contributed by atoms with Crippen molar-refractivity contribution in [3.63, 3.8) is 0 Å². The third-order valence-corrected chi connectivity index (χ3v) is 29.4. The van der Waals surface area contributed by atoms with Crippen molar-refractivity contribution in [2.75, 3.05) is 0 Å². The Morgan fingerprint density at radius 2 is 0.379 bits per heavy atom. The molecule has 12 heteroatoms. The van der Waals surface area contributed by atoms with Crippen LogP contribution in [-0.4, -0.2) is 56.5 Å². The van der Waals surface area contributed by atoms with Gasteiger partial charge in [0.2, 0.25) is 0 Å². The van der Waals surface area contributed by atoms with Gasteiger partial charge < -0.3 is 36.5 Å². The predicted molar refractivity (Wildman–Crippen MR) is 580 cm³/mol. The van der Waals surface area contributed by atoms with Crippen molar-refractivity contribution in [3.8, 4) is 102 Å². The highest BCUT2D eigenvalue weighted by atomic mass is 15.1. The van der Waals surface area contributed by atoms with Crippen molar-refractivity contribution >= 4 is 174 Å². The maximum atomic E-state index is 6.04. The molecule has 140 heavy (non-hydrogen) atoms. The van der Waals surface area contributed by atoms with Gasteiger partial charge in [0.25, 0.3) is 0 Å². The van der Waals surface area contributed by atoms with Gasteiger partial charge in [0.1, 0.15) is 0 Å². The van der Waals surface area contributed by atoms with Crippen molar-refractivity contribution < 1.29 is 0 Å². The van der Waals surface area contributed by atoms with E-state index in [4.69, 9.17) is 19.9 Å². The fourth-order valence-corrected chi connectivity index (χ4v) is 23.4. The molecule has 0 saturated heterocycles. The molecular formula is C128H78N12. The van der Waals surface area contributed by atoms with Crippen LogP contribution in [0.1, 0.15) is 0 Å². The number of para-hydroxylation sites is 12. The van der Waals surface area contributed by atoms with Crippen LogP contribution in [0.3, 0.4) is 0 Å². The zero-order valence-corrected chi connectivity index (χ0v) is 75.4. The van der Waals surface area contributed by atoms with Crippen LogP contribution in [0.5, 0.6) is 0 Å². The molecule has 30 rings (SSSR count). The van der Waals surface area contributed by atoms with E-state index in [-0.39, 0.29) is 0 Å². The molecule has 0 radical (unpaired) electrons. The van der Waals surface area contributed by atoms with Gasteiger partial charge in [0.05, 0.1) is 122 Å². The highest BCUT2D eigenvalue weighted by Crippen LogP contribution is 2.51. The third kappa shape index (κ3) is 11.4. The van der Waals surface area contributed by atoms with Crippen molar-refractivity contribution in [3.05, 3.63) is 474 Å². The van der Waals surface area contributed by atoms with E-state index in [0.717, 1.165) is 227 Å². The van der Waals surface area contributed by atoms with Crippen LogP contribution in [0.4, 0.5) is 0 Å². The Kier molecular flexibility index (Phi) is 16.7. The van der Waals surface area contributed by atoms with Gasteiger partial charge in [0.15, 0.2) is 5.82 Å². The molecule has 0 N–H and O–H groups in total. The summed E-state index contributed by atoms with van der Waals surface area (Å²) in [7, 11) is 0. The summed E-state index contributed by atoms with van der Waals surface area (Å²) in [6.07, 6.45) is 8.05. The summed E-state index contributed by atoms with van der Waals surface area (Å²) in [4.78, 5) is 22.2. The molecule has 19 aromatic carbocycles. The molecule has 30 aromatic rings. The Bertz CT molecular complexity index is 9890. The molecule has 650 valence electrons. The molecule has 0 saturated carbocycles. The SMILES string of the molecule is c1ccc(-c2cc(-c3ccc(-c4cnccc4-n4c5ccccc5c5cc6c7ccccc7n(-c7ccccc7)c6cc54)c(-n4c5ccccc5c5cc6c7ccccc7n(-c7ccccc7)c6cc54)c3)nc(-c3ccc(-c4cnccc4-n4c5ccccc5c5cc6c7ccccc7n(-c7ccccc7)c6cc54)c(-n4c5ccccc5c5cc6c7ccccc7n(-c7ccccc7)c6cc54)c3)n2)cc1. The molecule has 0 amide bonds. The van der Waals surface area contributed by atoms with Crippen molar-refractivity contribution in [1.29, 1.82) is 0 Å². The summed E-state index contributed by atoms with van der Waals surface area (Å²) in [6, 6.07) is 165. The maximum Gasteiger partial charge on any atom is 0.160 e. The van der Waals surface area contributed by atoms with Crippen molar-refractivity contribution in [2.45, 2.75) is 0 Å². The Labute approximate surface area is 800 Å². The second-order valence-electron chi connectivity index (χ2n) is 36.8. The van der Waals surface area contributed by atoms with Crippen LogP contribution in [0.15, 0.2) is 474 Å². The summed E-state index contributed by atoms with van der Waals surface area (Å²) in [5.74, 6) is 0.549. The fraction of sp³-hybridized carbons (Fsp3) is 0. The van der Waals surface area contributed by atoms with E-state index >= 15 is 0 Å². The maximum absolute atomic E-state index is 6.04. The van der Waals surface area contributed by atoms with Crippen LogP contribution in [0.25, 0.3) is 276 Å². The van der Waals surface area contributed by atoms with Crippen LogP contribution < -0.4 is 0 Å². The first-order chi connectivity index (χ1) is 69.5. The van der Waals surface area contributed by atoms with E-state index in [0.29, 0.717) is 5.82 Å². The van der Waals surface area contributed by atoms with Gasteiger partial charge in [-0.3, -0.25) is 9.97 Å². The normalized spacial score (nSPS) is 12.1. The van der Waals surface area contributed by atoms with Crippen LogP contribution in [0, 0.1) is 0 Å². The second-order valence-corrected chi connectivity index (χ2v) is 36.8. The number of benzene rings is 19. The Hall–Kier alpha value is -19.0. The van der Waals surface area contributed by atoms with Gasteiger partial charge in [-0.2, -0.15) is 0 Å². The summed E-state index contributed by atoms with van der Waals surface area (Å²) < 4.78 is 19.7. The zero-order valence-electron chi connectivity index (χ0n) is 75.4. The molecule has 0 aliphatic rings. The number of nitrogens with zero attached hydrogens (tertiary/aromatic N) is 12. The first-order valence-corrected chi connectivity index (χ1v) is 47.7. The van der Waals surface area contributed by atoms with Crippen LogP contribution in [-0.2, 0) is 0 Å². The number of rotatable bonds is 13. The monoisotopic (exact) mass is 1780 g/mol. The topological polar surface area (TPSA) is 91.0 Å². The number of hydrogen-bond donors (Lipinski definition) is 0. The average molecular weight is 1780 g/mol. The van der Waals surface area contributed by atoms with Gasteiger partial charge in [0, 0.05) is 173 Å². The fourth-order valence-electron chi connectivity index (χ4n) is 23.4. The lowest BCUT2D eigenvalue weighted by Crippen LogP contribution is -2.04. The summed E-state index contributed by atoms with van der Waals surface area (Å²) >= 11 is 0. The first kappa shape index (κ1) is 77.4. The second kappa shape index (κ2) is 30.2. The smallest absolute Gasteiger partial charge is 0.160 e. The lowest BCUT2D eigenvalue weighted by Gasteiger charge is -2.20. The van der Waals surface area contributed by atoms with E-state index in [1.54, 1.807) is 0 Å². The van der Waals surface area contributed by atoms with Gasteiger partial charge in [-0.1, -0.05) is 273 Å². The summed E-state index contributed by atoms with van der Waals surface area (Å²) in [5.41, 5.74) is 33.6. The number of hydrogen-bond acceptors (Lipinski definition) is 4. The molecule has 11 heterocycles. The van der Waals surface area contributed by atoms with Gasteiger partial charge in [-0.05, 0) is 176 Å². The number of aromatic nitrogens is 12. The molecular weight excluding hydrogens is 1710 g/mol. The van der Waals surface area contributed by atoms with Gasteiger partial charge >= 0.3 is 0 Å². The van der Waals surface area contributed by atoms with Crippen LogP contribution in [0.2, 0.25) is 0 Å². The minimum atomic E-state index is 0.549. The average Bonchev–Trinajstić information content (AvgIpc) is 1.56. The first-order valence-electron chi connectivity index (χ1n) is 47.7. The largest absolute Gasteiger partial charge is 0.309 e. The van der Waals surface area contributed by atoms with Gasteiger partial charge in [-0.15, -0.1) is 0 Å². The number of fused-ring (bicyclic) bond motifs is 24. The molecule has 11 aromatic heterocycles. The van der Waals surface area contributed by atoms with E-state index < -0.39 is 0 Å². The molecule has 0 aliphatic carbocycles. The molecule has 0 atom stereocenters. The van der Waals surface area contributed by atoms with Crippen molar-refractivity contribution in [2.24, 2.45) is 0 Å². The lowest BCUT2D eigenvalue weighted by atomic mass is 9.98. The zero-order chi connectivity index (χ0) is 91.5. The van der Waals surface area contributed by atoms with E-state index in [2.05, 4.69) is 498 Å². The van der Waals surface area contributed by atoms with E-state index in [1.165, 1.54) is 43.1 Å². The van der Waals surface area contributed by atoms with E-state index in [9.17, 15) is 0 Å². The van der Waals surface area contributed by atoms with Crippen LogP contribution >= 0.6 is 0 Å². The molecule has 12 nitrogen and oxygen atoms in total. The number of pyridine rings is 2. The summed E-state index contributed by atoms with van der Waals surface area (Å²) in [5, 5.41) is 18.6. The quantitative estimate of drug-likeness (QED) is 0.115. The highest BCUT2D eigenvalue weighted by Gasteiger charge is 2.30. The standard InChI is InChI=1S/C128H78N12/c1-6-32-79(33-7-1)106-72-107(80-58-60-94(118(66-80)139-114-56-30-22-48-92(114)102-70-98-88-44-18-26-52-110(88)135(122(98)75-126(102)139)84-38-12-4-13-39-84)104-77-129-64-62-116(104)137-112-54-28-20-46-90(112)100-68-96-86-42-16-24-50-108(86)133(120(96)73-124(100)137)82-34-8-2-9-35-82)132-128(131-106)81-59-61-95(119(67-81)140-115-57-31-23-49-93(115)103-71-99-89-45-19-27-53-111(89)136(123(99)76-127(103)140)85-40-14-5-15-41-85)105-78-130-65-63-117(105)138-113-55-29-21-47-91(113)101-69-97-87-43-17-25-51-109(87)134(121(97)74-125(101)138)83-36-10-3-11-37-83/h1-78H. The highest BCUT2D eigenvalue weighted by molar-refractivity contribution is 6.25. The molecule has 0 aliphatic heterocycles.